The molecule has 0 heterocycles. The van der Waals surface area contributed by atoms with Crippen molar-refractivity contribution in [1.29, 1.82) is 0 Å². The van der Waals surface area contributed by atoms with Crippen molar-refractivity contribution in [2.24, 2.45) is 0 Å². The van der Waals surface area contributed by atoms with Crippen molar-refractivity contribution >= 4 is 44.8 Å². The third-order valence-electron chi connectivity index (χ3n) is 2.91. The van der Waals surface area contributed by atoms with Gasteiger partial charge < -0.3 is 14.8 Å². The van der Waals surface area contributed by atoms with Gasteiger partial charge in [-0.05, 0) is 35.9 Å². The van der Waals surface area contributed by atoms with E-state index in [1.165, 1.54) is 0 Å². The summed E-state index contributed by atoms with van der Waals surface area (Å²) >= 11 is 15.7. The summed E-state index contributed by atoms with van der Waals surface area (Å²) in [5.74, 6) is 1.13. The van der Waals surface area contributed by atoms with Crippen LogP contribution in [0.4, 0.5) is 5.69 Å². The summed E-state index contributed by atoms with van der Waals surface area (Å²) in [5, 5.41) is 4.42. The van der Waals surface area contributed by atoms with Gasteiger partial charge in [0.15, 0.2) is 11.5 Å². The second-order valence-electron chi connectivity index (χ2n) is 4.29. The van der Waals surface area contributed by atoms with Crippen molar-refractivity contribution in [2.75, 3.05) is 19.5 Å². The van der Waals surface area contributed by atoms with Gasteiger partial charge in [-0.25, -0.2) is 0 Å². The Labute approximate surface area is 142 Å². The van der Waals surface area contributed by atoms with Crippen LogP contribution in [0.25, 0.3) is 0 Å². The number of rotatable bonds is 5. The Hall–Kier alpha value is -1.10. The molecule has 3 nitrogen and oxygen atoms in total. The Kier molecular flexibility index (Phi) is 5.62. The van der Waals surface area contributed by atoms with Gasteiger partial charge in [0.2, 0.25) is 0 Å². The van der Waals surface area contributed by atoms with Gasteiger partial charge in [0.25, 0.3) is 0 Å². The Morgan fingerprint density at radius 2 is 1.81 bits per heavy atom. The molecule has 2 aromatic rings. The zero-order valence-electron chi connectivity index (χ0n) is 11.5. The third-order valence-corrected chi connectivity index (χ3v) is 3.99. The van der Waals surface area contributed by atoms with E-state index in [0.29, 0.717) is 28.1 Å². The summed E-state index contributed by atoms with van der Waals surface area (Å²) in [6.45, 7) is 0.571. The largest absolute Gasteiger partial charge is 0.493 e. The molecule has 0 bridgehead atoms. The molecule has 2 aromatic carbocycles. The summed E-state index contributed by atoms with van der Waals surface area (Å²) in [4.78, 5) is 0. The van der Waals surface area contributed by atoms with E-state index in [-0.39, 0.29) is 0 Å². The monoisotopic (exact) mass is 389 g/mol. The number of benzene rings is 2. The highest BCUT2D eigenvalue weighted by Gasteiger charge is 2.11. The van der Waals surface area contributed by atoms with Gasteiger partial charge >= 0.3 is 0 Å². The molecule has 0 saturated carbocycles. The van der Waals surface area contributed by atoms with E-state index in [9.17, 15) is 0 Å². The average Bonchev–Trinajstić information content (AvgIpc) is 2.45. The summed E-state index contributed by atoms with van der Waals surface area (Å²) in [5.41, 5.74) is 1.82. The van der Waals surface area contributed by atoms with Crippen LogP contribution in [-0.2, 0) is 6.54 Å². The fourth-order valence-corrected chi connectivity index (χ4v) is 2.95. The Morgan fingerprint density at radius 1 is 1.05 bits per heavy atom. The van der Waals surface area contributed by atoms with Gasteiger partial charge in [-0.2, -0.15) is 0 Å². The van der Waals surface area contributed by atoms with E-state index in [1.54, 1.807) is 14.2 Å². The molecule has 0 aromatic heterocycles. The van der Waals surface area contributed by atoms with Crippen molar-refractivity contribution in [1.82, 2.24) is 0 Å². The summed E-state index contributed by atoms with van der Waals surface area (Å²) in [6.07, 6.45) is 0. The molecule has 2 rings (SSSR count). The number of nitrogens with one attached hydrogen (secondary N) is 1. The number of ether oxygens (including phenoxy) is 2. The predicted molar refractivity (Wildman–Crippen MR) is 91.0 cm³/mol. The molecular formula is C15H14BrCl2NO2. The SMILES string of the molecule is COc1cc(CNc2ccc(Br)cc2Cl)cc(Cl)c1OC. The molecule has 21 heavy (non-hydrogen) atoms. The molecule has 0 amide bonds. The number of hydrogen-bond acceptors (Lipinski definition) is 3. The zero-order valence-corrected chi connectivity index (χ0v) is 14.6. The molecule has 1 N–H and O–H groups in total. The molecule has 112 valence electrons. The normalized spacial score (nSPS) is 10.3. The molecule has 0 aliphatic rings. The Balaban J connectivity index is 2.18. The van der Waals surface area contributed by atoms with E-state index in [0.717, 1.165) is 15.7 Å². The van der Waals surface area contributed by atoms with Crippen LogP contribution in [0, 0.1) is 0 Å². The third kappa shape index (κ3) is 3.96. The van der Waals surface area contributed by atoms with Crippen LogP contribution >= 0.6 is 39.1 Å². The number of halogens is 3. The van der Waals surface area contributed by atoms with Crippen molar-refractivity contribution in [3.05, 3.63) is 50.4 Å². The molecule has 0 aliphatic heterocycles. The minimum absolute atomic E-state index is 0.510. The van der Waals surface area contributed by atoms with Crippen molar-refractivity contribution < 1.29 is 9.47 Å². The molecule has 0 radical (unpaired) electrons. The lowest BCUT2D eigenvalue weighted by molar-refractivity contribution is 0.355. The molecule has 0 unspecified atom stereocenters. The van der Waals surface area contributed by atoms with E-state index >= 15 is 0 Å². The van der Waals surface area contributed by atoms with Crippen LogP contribution in [0.5, 0.6) is 11.5 Å². The van der Waals surface area contributed by atoms with Crippen LogP contribution in [-0.4, -0.2) is 14.2 Å². The second kappa shape index (κ2) is 7.25. The standard InChI is InChI=1S/C15H14BrCl2NO2/c1-20-14-6-9(5-12(18)15(14)21-2)8-19-13-4-3-10(16)7-11(13)17/h3-7,19H,8H2,1-2H3. The fraction of sp³-hybridized carbons (Fsp3) is 0.200. The van der Waals surface area contributed by atoms with E-state index in [1.807, 2.05) is 30.3 Å². The molecule has 6 heteroatoms. The minimum Gasteiger partial charge on any atom is -0.493 e. The maximum absolute atomic E-state index is 6.18. The van der Waals surface area contributed by atoms with Crippen LogP contribution in [0.2, 0.25) is 10.0 Å². The minimum atomic E-state index is 0.510. The van der Waals surface area contributed by atoms with Gasteiger partial charge in [-0.3, -0.25) is 0 Å². The maximum Gasteiger partial charge on any atom is 0.179 e. The van der Waals surface area contributed by atoms with Gasteiger partial charge in [0, 0.05) is 11.0 Å². The lowest BCUT2D eigenvalue weighted by atomic mass is 10.2. The van der Waals surface area contributed by atoms with Crippen molar-refractivity contribution in [3.63, 3.8) is 0 Å². The second-order valence-corrected chi connectivity index (χ2v) is 6.02. The number of anilines is 1. The van der Waals surface area contributed by atoms with Crippen molar-refractivity contribution in [3.8, 4) is 11.5 Å². The first kappa shape index (κ1) is 16.3. The summed E-state index contributed by atoms with van der Waals surface area (Å²) < 4.78 is 11.4. The van der Waals surface area contributed by atoms with Gasteiger partial charge in [0.1, 0.15) is 0 Å². The first-order valence-electron chi connectivity index (χ1n) is 6.14. The van der Waals surface area contributed by atoms with Crippen LogP contribution in [0.15, 0.2) is 34.8 Å². The topological polar surface area (TPSA) is 30.5 Å². The van der Waals surface area contributed by atoms with Crippen molar-refractivity contribution in [2.45, 2.75) is 6.54 Å². The van der Waals surface area contributed by atoms with E-state index < -0.39 is 0 Å². The summed E-state index contributed by atoms with van der Waals surface area (Å²) in [7, 11) is 3.14. The first-order chi connectivity index (χ1) is 10.0. The molecule has 0 saturated heterocycles. The van der Waals surface area contributed by atoms with Crippen LogP contribution < -0.4 is 14.8 Å². The smallest absolute Gasteiger partial charge is 0.179 e. The zero-order chi connectivity index (χ0) is 15.4. The lowest BCUT2D eigenvalue weighted by Gasteiger charge is -2.13. The fourth-order valence-electron chi connectivity index (χ4n) is 1.90. The molecule has 0 spiro atoms. The molecule has 0 atom stereocenters. The highest BCUT2D eigenvalue weighted by Crippen LogP contribution is 2.36. The Morgan fingerprint density at radius 3 is 2.43 bits per heavy atom. The quantitative estimate of drug-likeness (QED) is 0.742. The highest BCUT2D eigenvalue weighted by molar-refractivity contribution is 9.10. The number of methoxy groups -OCH3 is 2. The first-order valence-corrected chi connectivity index (χ1v) is 7.69. The predicted octanol–water partition coefficient (Wildman–Crippen LogP) is 5.39. The lowest BCUT2D eigenvalue weighted by Crippen LogP contribution is -2.01. The summed E-state index contributed by atoms with van der Waals surface area (Å²) in [6, 6.07) is 9.39. The van der Waals surface area contributed by atoms with Gasteiger partial charge in [-0.15, -0.1) is 0 Å². The molecule has 0 fully saturated rings. The van der Waals surface area contributed by atoms with E-state index in [4.69, 9.17) is 32.7 Å². The Bertz CT molecular complexity index is 650. The number of hydrogen-bond donors (Lipinski definition) is 1. The average molecular weight is 391 g/mol. The molecular weight excluding hydrogens is 377 g/mol. The van der Waals surface area contributed by atoms with Gasteiger partial charge in [0.05, 0.1) is 30.0 Å². The maximum atomic E-state index is 6.18. The van der Waals surface area contributed by atoms with Gasteiger partial charge in [-0.1, -0.05) is 39.1 Å². The highest BCUT2D eigenvalue weighted by atomic mass is 79.9. The van der Waals surface area contributed by atoms with E-state index in [2.05, 4.69) is 21.2 Å². The van der Waals surface area contributed by atoms with Crippen LogP contribution in [0.3, 0.4) is 0 Å². The molecule has 0 aliphatic carbocycles. The van der Waals surface area contributed by atoms with Crippen LogP contribution in [0.1, 0.15) is 5.56 Å².